The van der Waals surface area contributed by atoms with Crippen molar-refractivity contribution in [2.75, 3.05) is 6.61 Å². The minimum atomic E-state index is -4.57. The first kappa shape index (κ1) is 25.1. The average Bonchev–Trinajstić information content (AvgIpc) is 2.81. The topological polar surface area (TPSA) is 95.3 Å². The third kappa shape index (κ3) is 5.67. The van der Waals surface area contributed by atoms with Gasteiger partial charge in [0, 0.05) is 24.5 Å². The van der Waals surface area contributed by atoms with Gasteiger partial charge in [-0.3, -0.25) is 20.1 Å². The molecule has 3 aromatic rings. The molecule has 0 amide bonds. The van der Waals surface area contributed by atoms with Gasteiger partial charge in [-0.25, -0.2) is 0 Å². The summed E-state index contributed by atoms with van der Waals surface area (Å²) in [5.41, 5.74) is 1.00. The standard InChI is InChI=1S/C25H24F3N3O3/c1-16-18(4-3-5-20(16)22-14-29-10-11-30-22)7-8-19-12-17(6-9-21(19)25(26,27)28)13-31-24(2,15-32)23(33)34/h3-12,14,31-32H,13,15H2,1-2H3,(H,33,34)/b8-7+/t24-/m0/s1. The van der Waals surface area contributed by atoms with E-state index in [0.29, 0.717) is 11.3 Å². The predicted octanol–water partition coefficient (Wildman–Crippen LogP) is 4.57. The summed E-state index contributed by atoms with van der Waals surface area (Å²) in [6.07, 6.45) is 3.17. The Balaban J connectivity index is 1.95. The van der Waals surface area contributed by atoms with Gasteiger partial charge in [0.25, 0.3) is 0 Å². The average molecular weight is 471 g/mol. The molecule has 6 nitrogen and oxygen atoms in total. The monoisotopic (exact) mass is 471 g/mol. The van der Waals surface area contributed by atoms with Gasteiger partial charge in [0.05, 0.1) is 24.1 Å². The lowest BCUT2D eigenvalue weighted by molar-refractivity contribution is -0.146. The van der Waals surface area contributed by atoms with E-state index in [1.165, 1.54) is 25.1 Å². The van der Waals surface area contributed by atoms with Crippen LogP contribution in [0.2, 0.25) is 0 Å². The Morgan fingerprint density at radius 1 is 1.12 bits per heavy atom. The molecule has 178 valence electrons. The first-order valence-corrected chi connectivity index (χ1v) is 10.4. The van der Waals surface area contributed by atoms with E-state index >= 15 is 0 Å². The van der Waals surface area contributed by atoms with Crippen LogP contribution >= 0.6 is 0 Å². The smallest absolute Gasteiger partial charge is 0.416 e. The molecule has 0 aliphatic carbocycles. The Bertz CT molecular complexity index is 1200. The van der Waals surface area contributed by atoms with E-state index in [1.807, 2.05) is 13.0 Å². The maximum Gasteiger partial charge on any atom is 0.416 e. The molecule has 1 aromatic heterocycles. The van der Waals surface area contributed by atoms with E-state index in [-0.39, 0.29) is 12.1 Å². The van der Waals surface area contributed by atoms with Gasteiger partial charge in [0.1, 0.15) is 5.54 Å². The number of aromatic nitrogens is 2. The Morgan fingerprint density at radius 2 is 1.85 bits per heavy atom. The molecule has 9 heteroatoms. The third-order valence-corrected chi connectivity index (χ3v) is 5.55. The first-order chi connectivity index (χ1) is 16.0. The Labute approximate surface area is 194 Å². The van der Waals surface area contributed by atoms with Crippen molar-refractivity contribution >= 4 is 18.1 Å². The highest BCUT2D eigenvalue weighted by Crippen LogP contribution is 2.34. The second kappa shape index (κ2) is 10.1. The summed E-state index contributed by atoms with van der Waals surface area (Å²) >= 11 is 0. The minimum Gasteiger partial charge on any atom is -0.480 e. The summed E-state index contributed by atoms with van der Waals surface area (Å²) in [6.45, 7) is 2.45. The van der Waals surface area contributed by atoms with Gasteiger partial charge >= 0.3 is 12.1 Å². The van der Waals surface area contributed by atoms with Crippen LogP contribution in [-0.4, -0.2) is 38.3 Å². The zero-order chi connectivity index (χ0) is 24.9. The Morgan fingerprint density at radius 3 is 2.47 bits per heavy atom. The fourth-order valence-corrected chi connectivity index (χ4v) is 3.34. The van der Waals surface area contributed by atoms with Crippen LogP contribution in [0.4, 0.5) is 13.2 Å². The number of aliphatic hydroxyl groups is 1. The second-order valence-electron chi connectivity index (χ2n) is 8.01. The summed E-state index contributed by atoms with van der Waals surface area (Å²) in [7, 11) is 0. The van der Waals surface area contributed by atoms with Gasteiger partial charge < -0.3 is 10.2 Å². The number of hydrogen-bond acceptors (Lipinski definition) is 5. The fourth-order valence-electron chi connectivity index (χ4n) is 3.34. The molecule has 0 unspecified atom stereocenters. The van der Waals surface area contributed by atoms with Crippen LogP contribution < -0.4 is 5.32 Å². The Kier molecular flexibility index (Phi) is 7.48. The number of benzene rings is 2. The van der Waals surface area contributed by atoms with E-state index in [9.17, 15) is 28.2 Å². The van der Waals surface area contributed by atoms with Crippen molar-refractivity contribution in [1.29, 1.82) is 0 Å². The SMILES string of the molecule is Cc1c(/C=C/c2cc(CN[C@@](C)(CO)C(=O)O)ccc2C(F)(F)F)cccc1-c1cnccn1. The molecular weight excluding hydrogens is 447 g/mol. The number of nitrogens with one attached hydrogen (secondary N) is 1. The second-order valence-corrected chi connectivity index (χ2v) is 8.01. The van der Waals surface area contributed by atoms with Crippen LogP contribution in [0, 0.1) is 6.92 Å². The van der Waals surface area contributed by atoms with Crippen molar-refractivity contribution in [3.63, 3.8) is 0 Å². The van der Waals surface area contributed by atoms with Crippen molar-refractivity contribution in [3.8, 4) is 11.3 Å². The number of nitrogens with zero attached hydrogens (tertiary/aromatic N) is 2. The number of halogens is 3. The van der Waals surface area contributed by atoms with Gasteiger partial charge in [-0.05, 0) is 48.2 Å². The molecule has 0 saturated carbocycles. The van der Waals surface area contributed by atoms with E-state index < -0.39 is 29.9 Å². The molecule has 1 heterocycles. The molecule has 0 bridgehead atoms. The van der Waals surface area contributed by atoms with Crippen LogP contribution in [0.3, 0.4) is 0 Å². The number of carbonyl (C=O) groups is 1. The number of rotatable bonds is 8. The highest BCUT2D eigenvalue weighted by Gasteiger charge is 2.34. The van der Waals surface area contributed by atoms with E-state index in [0.717, 1.165) is 22.8 Å². The number of hydrogen-bond donors (Lipinski definition) is 3. The molecular formula is C25H24F3N3O3. The van der Waals surface area contributed by atoms with Crippen molar-refractivity contribution in [2.45, 2.75) is 32.1 Å². The Hall–Kier alpha value is -3.56. The number of carboxylic acids is 1. The van der Waals surface area contributed by atoms with Crippen molar-refractivity contribution in [2.24, 2.45) is 0 Å². The van der Waals surface area contributed by atoms with Gasteiger partial charge in [-0.2, -0.15) is 13.2 Å². The molecule has 34 heavy (non-hydrogen) atoms. The molecule has 2 aromatic carbocycles. The van der Waals surface area contributed by atoms with Crippen LogP contribution in [0.15, 0.2) is 55.0 Å². The third-order valence-electron chi connectivity index (χ3n) is 5.55. The minimum absolute atomic E-state index is 0.0382. The van der Waals surface area contributed by atoms with Gasteiger partial charge in [0.15, 0.2) is 0 Å². The molecule has 1 atom stereocenters. The lowest BCUT2D eigenvalue weighted by atomic mass is 9.97. The number of aliphatic carboxylic acids is 1. The lowest BCUT2D eigenvalue weighted by Crippen LogP contribution is -2.52. The number of alkyl halides is 3. The number of aliphatic hydroxyl groups excluding tert-OH is 1. The molecule has 0 aliphatic heterocycles. The lowest BCUT2D eigenvalue weighted by Gasteiger charge is -2.24. The van der Waals surface area contributed by atoms with Gasteiger partial charge in [-0.15, -0.1) is 0 Å². The first-order valence-electron chi connectivity index (χ1n) is 10.4. The highest BCUT2D eigenvalue weighted by atomic mass is 19.4. The van der Waals surface area contributed by atoms with Crippen molar-refractivity contribution in [3.05, 3.63) is 82.8 Å². The zero-order valence-corrected chi connectivity index (χ0v) is 18.6. The van der Waals surface area contributed by atoms with Gasteiger partial charge in [0.2, 0.25) is 0 Å². The highest BCUT2D eigenvalue weighted by molar-refractivity contribution is 5.79. The van der Waals surface area contributed by atoms with Crippen molar-refractivity contribution in [1.82, 2.24) is 15.3 Å². The van der Waals surface area contributed by atoms with E-state index in [2.05, 4.69) is 15.3 Å². The molecule has 0 fully saturated rings. The molecule has 0 radical (unpaired) electrons. The normalized spacial score (nSPS) is 13.7. The van der Waals surface area contributed by atoms with E-state index in [4.69, 9.17) is 0 Å². The summed E-state index contributed by atoms with van der Waals surface area (Å²) in [6, 6.07) is 9.06. The molecule has 0 spiro atoms. The van der Waals surface area contributed by atoms with Crippen LogP contribution in [-0.2, 0) is 17.5 Å². The molecule has 3 rings (SSSR count). The largest absolute Gasteiger partial charge is 0.480 e. The zero-order valence-electron chi connectivity index (χ0n) is 18.6. The summed E-state index contributed by atoms with van der Waals surface area (Å²) in [4.78, 5) is 19.7. The summed E-state index contributed by atoms with van der Waals surface area (Å²) in [5, 5.41) is 21.3. The van der Waals surface area contributed by atoms with Crippen LogP contribution in [0.25, 0.3) is 23.4 Å². The van der Waals surface area contributed by atoms with E-state index in [1.54, 1.807) is 36.8 Å². The van der Waals surface area contributed by atoms with Crippen LogP contribution in [0.5, 0.6) is 0 Å². The predicted molar refractivity (Wildman–Crippen MR) is 123 cm³/mol. The fraction of sp³-hybridized carbons (Fsp3) is 0.240. The maximum atomic E-state index is 13.6. The quantitative estimate of drug-likeness (QED) is 0.417. The van der Waals surface area contributed by atoms with Crippen molar-refractivity contribution < 1.29 is 28.2 Å². The molecule has 3 N–H and O–H groups in total. The molecule has 0 aliphatic rings. The summed E-state index contributed by atoms with van der Waals surface area (Å²) < 4.78 is 40.9. The summed E-state index contributed by atoms with van der Waals surface area (Å²) in [5.74, 6) is -1.26. The number of carboxylic acid groups (broad SMARTS) is 1. The molecule has 0 saturated heterocycles. The van der Waals surface area contributed by atoms with Crippen LogP contribution in [0.1, 0.15) is 34.7 Å². The van der Waals surface area contributed by atoms with Gasteiger partial charge in [-0.1, -0.05) is 36.4 Å². The maximum absolute atomic E-state index is 13.6.